The summed E-state index contributed by atoms with van der Waals surface area (Å²) < 4.78 is 64.4. The van der Waals surface area contributed by atoms with Crippen LogP contribution in [0, 0.1) is 10.1 Å². The van der Waals surface area contributed by atoms with Crippen molar-refractivity contribution in [2.24, 2.45) is 0 Å². The van der Waals surface area contributed by atoms with Crippen LogP contribution in [0.4, 0.5) is 24.5 Å². The molecule has 1 saturated heterocycles. The van der Waals surface area contributed by atoms with Gasteiger partial charge in [0.2, 0.25) is 10.0 Å². The molecular weight excluding hydrogens is 351 g/mol. The third-order valence-corrected chi connectivity index (χ3v) is 4.47. The summed E-state index contributed by atoms with van der Waals surface area (Å²) in [6, 6.07) is 2.32. The molecule has 11 heteroatoms. The van der Waals surface area contributed by atoms with Gasteiger partial charge in [0.25, 0.3) is 5.69 Å². The number of hydrogen-bond acceptors (Lipinski definition) is 5. The maximum Gasteiger partial charge on any atom is 0.418 e. The van der Waals surface area contributed by atoms with E-state index in [0.29, 0.717) is 18.9 Å². The first-order chi connectivity index (χ1) is 11.0. The fourth-order valence-electron chi connectivity index (χ4n) is 2.68. The number of nitro groups is 1. The Balaban J connectivity index is 2.22. The number of non-ortho nitro benzene ring substituents is 1. The molecule has 7 nitrogen and oxygen atoms in total. The molecule has 0 spiro atoms. The van der Waals surface area contributed by atoms with Crippen LogP contribution in [0.15, 0.2) is 18.2 Å². The van der Waals surface area contributed by atoms with Crippen LogP contribution in [0.5, 0.6) is 0 Å². The lowest BCUT2D eigenvalue weighted by atomic mass is 10.0. The minimum absolute atomic E-state index is 0.133. The predicted octanol–water partition coefficient (Wildman–Crippen LogP) is 2.13. The minimum atomic E-state index is -4.72. The standard InChI is InChI=1S/C13H16F3N3O4S/c1-24(22,23)17-9-4-6-18(7-5-9)12-3-2-10(19(20)21)8-11(12)13(14,15)16/h2-3,8-9,17H,4-7H2,1H3. The molecule has 0 bridgehead atoms. The molecule has 1 N–H and O–H groups in total. The van der Waals surface area contributed by atoms with Crippen LogP contribution in [-0.2, 0) is 16.2 Å². The van der Waals surface area contributed by atoms with Crippen molar-refractivity contribution in [2.45, 2.75) is 25.1 Å². The Bertz CT molecular complexity index is 728. The van der Waals surface area contributed by atoms with Crippen molar-refractivity contribution in [1.82, 2.24) is 4.72 Å². The quantitative estimate of drug-likeness (QED) is 0.650. The predicted molar refractivity (Wildman–Crippen MR) is 81.3 cm³/mol. The summed E-state index contributed by atoms with van der Waals surface area (Å²) in [6.07, 6.45) is -3.00. The maximum atomic E-state index is 13.2. The zero-order chi connectivity index (χ0) is 18.1. The van der Waals surface area contributed by atoms with E-state index in [0.717, 1.165) is 18.4 Å². The first-order valence-corrected chi connectivity index (χ1v) is 8.94. The van der Waals surface area contributed by atoms with E-state index in [2.05, 4.69) is 4.72 Å². The van der Waals surface area contributed by atoms with Crippen LogP contribution in [0.2, 0.25) is 0 Å². The molecule has 24 heavy (non-hydrogen) atoms. The number of nitrogens with one attached hydrogen (secondary N) is 1. The van der Waals surface area contributed by atoms with Gasteiger partial charge in [-0.05, 0) is 18.9 Å². The van der Waals surface area contributed by atoms with Gasteiger partial charge in [0.15, 0.2) is 0 Å². The summed E-state index contributed by atoms with van der Waals surface area (Å²) in [4.78, 5) is 11.3. The monoisotopic (exact) mass is 367 g/mol. The molecule has 0 aromatic heterocycles. The average molecular weight is 367 g/mol. The minimum Gasteiger partial charge on any atom is -0.371 e. The van der Waals surface area contributed by atoms with Gasteiger partial charge < -0.3 is 4.90 Å². The van der Waals surface area contributed by atoms with Crippen molar-refractivity contribution in [3.63, 3.8) is 0 Å². The maximum absolute atomic E-state index is 13.2. The van der Waals surface area contributed by atoms with Gasteiger partial charge in [-0.15, -0.1) is 0 Å². The summed E-state index contributed by atoms with van der Waals surface area (Å²) in [5.74, 6) is 0. The van der Waals surface area contributed by atoms with E-state index in [9.17, 15) is 31.7 Å². The first-order valence-electron chi connectivity index (χ1n) is 7.05. The highest BCUT2D eigenvalue weighted by molar-refractivity contribution is 7.88. The third-order valence-electron chi connectivity index (χ3n) is 3.71. The Hall–Kier alpha value is -1.88. The lowest BCUT2D eigenvalue weighted by Gasteiger charge is -2.34. The normalized spacial score (nSPS) is 17.1. The van der Waals surface area contributed by atoms with Gasteiger partial charge in [0, 0.05) is 37.0 Å². The zero-order valence-corrected chi connectivity index (χ0v) is 13.5. The van der Waals surface area contributed by atoms with Crippen molar-refractivity contribution in [2.75, 3.05) is 24.2 Å². The number of anilines is 1. The second-order valence-electron chi connectivity index (χ2n) is 5.61. The molecule has 0 aliphatic carbocycles. The lowest BCUT2D eigenvalue weighted by Crippen LogP contribution is -2.44. The van der Waals surface area contributed by atoms with Gasteiger partial charge in [-0.1, -0.05) is 0 Å². The van der Waals surface area contributed by atoms with E-state index in [1.807, 2.05) is 0 Å². The van der Waals surface area contributed by atoms with Crippen molar-refractivity contribution in [3.8, 4) is 0 Å². The summed E-state index contributed by atoms with van der Waals surface area (Å²) >= 11 is 0. The molecule has 1 fully saturated rings. The van der Waals surface area contributed by atoms with Gasteiger partial charge in [0.05, 0.1) is 16.7 Å². The topological polar surface area (TPSA) is 92.6 Å². The van der Waals surface area contributed by atoms with Crippen LogP contribution in [0.3, 0.4) is 0 Å². The molecule has 1 aromatic rings. The Morgan fingerprint density at radius 2 is 1.88 bits per heavy atom. The molecule has 0 amide bonds. The van der Waals surface area contributed by atoms with Crippen molar-refractivity contribution in [3.05, 3.63) is 33.9 Å². The molecule has 0 saturated carbocycles. The highest BCUT2D eigenvalue weighted by atomic mass is 32.2. The second kappa shape index (κ2) is 6.55. The lowest BCUT2D eigenvalue weighted by molar-refractivity contribution is -0.385. The Labute approximate surface area is 136 Å². The van der Waals surface area contributed by atoms with E-state index in [1.54, 1.807) is 0 Å². The number of halogens is 3. The van der Waals surface area contributed by atoms with E-state index in [-0.39, 0.29) is 24.8 Å². The molecule has 1 heterocycles. The number of rotatable bonds is 4. The van der Waals surface area contributed by atoms with Crippen LogP contribution >= 0.6 is 0 Å². The molecule has 134 valence electrons. The average Bonchev–Trinajstić information content (AvgIpc) is 2.45. The number of nitrogens with zero attached hydrogens (tertiary/aromatic N) is 2. The Kier molecular flexibility index (Phi) is 5.04. The molecule has 2 rings (SSSR count). The largest absolute Gasteiger partial charge is 0.418 e. The molecule has 1 aromatic carbocycles. The van der Waals surface area contributed by atoms with E-state index in [4.69, 9.17) is 0 Å². The number of alkyl halides is 3. The van der Waals surface area contributed by atoms with Crippen LogP contribution in [0.25, 0.3) is 0 Å². The highest BCUT2D eigenvalue weighted by Gasteiger charge is 2.37. The van der Waals surface area contributed by atoms with Gasteiger partial charge in [0.1, 0.15) is 0 Å². The number of sulfonamides is 1. The molecule has 1 aliphatic heterocycles. The zero-order valence-electron chi connectivity index (χ0n) is 12.7. The van der Waals surface area contributed by atoms with Gasteiger partial charge in [-0.2, -0.15) is 13.2 Å². The van der Waals surface area contributed by atoms with Gasteiger partial charge >= 0.3 is 6.18 Å². The van der Waals surface area contributed by atoms with Crippen LogP contribution in [0.1, 0.15) is 18.4 Å². The van der Waals surface area contributed by atoms with Crippen molar-refractivity contribution < 1.29 is 26.5 Å². The Morgan fingerprint density at radius 1 is 1.29 bits per heavy atom. The third kappa shape index (κ3) is 4.57. The molecule has 0 atom stereocenters. The van der Waals surface area contributed by atoms with E-state index >= 15 is 0 Å². The smallest absolute Gasteiger partial charge is 0.371 e. The van der Waals surface area contributed by atoms with E-state index in [1.165, 1.54) is 4.90 Å². The molecular formula is C13H16F3N3O4S. The molecule has 0 unspecified atom stereocenters. The summed E-state index contributed by atoms with van der Waals surface area (Å²) in [7, 11) is -3.38. The van der Waals surface area contributed by atoms with Gasteiger partial charge in [-0.25, -0.2) is 13.1 Å². The van der Waals surface area contributed by atoms with Crippen molar-refractivity contribution >= 4 is 21.4 Å². The van der Waals surface area contributed by atoms with E-state index < -0.39 is 32.4 Å². The van der Waals surface area contributed by atoms with Crippen LogP contribution in [-0.4, -0.2) is 38.7 Å². The Morgan fingerprint density at radius 3 is 2.33 bits per heavy atom. The number of nitro benzene ring substituents is 1. The number of hydrogen-bond donors (Lipinski definition) is 1. The fourth-order valence-corrected chi connectivity index (χ4v) is 3.52. The molecule has 0 radical (unpaired) electrons. The van der Waals surface area contributed by atoms with Crippen LogP contribution < -0.4 is 9.62 Å². The summed E-state index contributed by atoms with van der Waals surface area (Å²) in [5.41, 5.74) is -1.82. The first kappa shape index (κ1) is 18.5. The molecule has 1 aliphatic rings. The number of benzene rings is 1. The van der Waals surface area contributed by atoms with Gasteiger partial charge in [-0.3, -0.25) is 10.1 Å². The SMILES string of the molecule is CS(=O)(=O)NC1CCN(c2ccc([N+](=O)[O-])cc2C(F)(F)F)CC1. The second-order valence-corrected chi connectivity index (χ2v) is 7.39. The van der Waals surface area contributed by atoms with Crippen molar-refractivity contribution in [1.29, 1.82) is 0 Å². The number of piperidine rings is 1. The fraction of sp³-hybridized carbons (Fsp3) is 0.538. The summed E-state index contributed by atoms with van der Waals surface area (Å²) in [5, 5.41) is 10.7. The summed E-state index contributed by atoms with van der Waals surface area (Å²) in [6.45, 7) is 0.433. The highest BCUT2D eigenvalue weighted by Crippen LogP contribution is 2.39.